The highest BCUT2D eigenvalue weighted by atomic mass is 32.1. The maximum Gasteiger partial charge on any atom is 0.251 e. The number of fused-ring (bicyclic) bond motifs is 1. The summed E-state index contributed by atoms with van der Waals surface area (Å²) < 4.78 is 0. The molecule has 3 aromatic rings. The van der Waals surface area contributed by atoms with E-state index in [1.165, 1.54) is 4.88 Å². The maximum absolute atomic E-state index is 12.3. The van der Waals surface area contributed by atoms with Crippen LogP contribution in [0.4, 0.5) is 5.82 Å². The largest absolute Gasteiger partial charge is 0.389 e. The Kier molecular flexibility index (Phi) is 4.57. The van der Waals surface area contributed by atoms with E-state index in [4.69, 9.17) is 0 Å². The second-order valence-corrected chi connectivity index (χ2v) is 7.76. The van der Waals surface area contributed by atoms with Crippen LogP contribution in [0.5, 0.6) is 0 Å². The molecule has 1 aromatic carbocycles. The summed E-state index contributed by atoms with van der Waals surface area (Å²) in [5.74, 6) is 0.701. The van der Waals surface area contributed by atoms with Crippen molar-refractivity contribution in [2.24, 2.45) is 0 Å². The standard InChI is InChI=1S/C19H20N4O2S/c1-12-9-14-17(20-11-21-19(14)26-12)23-8-7-15(16(24)10-23)22-18(25)13-5-3-2-4-6-13/h2-6,9,11,15-16,24H,7-8,10H2,1H3,(H,22,25)/t15-,16-/m1/s1. The van der Waals surface area contributed by atoms with Crippen LogP contribution in [0.25, 0.3) is 10.2 Å². The molecule has 26 heavy (non-hydrogen) atoms. The van der Waals surface area contributed by atoms with Crippen molar-refractivity contribution < 1.29 is 9.90 Å². The van der Waals surface area contributed by atoms with Crippen molar-refractivity contribution in [3.63, 3.8) is 0 Å². The van der Waals surface area contributed by atoms with E-state index < -0.39 is 6.10 Å². The number of nitrogens with zero attached hydrogens (tertiary/aromatic N) is 3. The number of aromatic nitrogens is 2. The maximum atomic E-state index is 12.3. The van der Waals surface area contributed by atoms with Gasteiger partial charge in [0.1, 0.15) is 17.0 Å². The Morgan fingerprint density at radius 1 is 1.31 bits per heavy atom. The number of amides is 1. The summed E-state index contributed by atoms with van der Waals surface area (Å²) in [5, 5.41) is 14.6. The number of benzene rings is 1. The smallest absolute Gasteiger partial charge is 0.251 e. The number of carbonyl (C=O) groups excluding carboxylic acids is 1. The predicted molar refractivity (Wildman–Crippen MR) is 103 cm³/mol. The molecule has 4 rings (SSSR count). The fourth-order valence-corrected chi connectivity index (χ4v) is 4.19. The average Bonchev–Trinajstić information content (AvgIpc) is 3.04. The summed E-state index contributed by atoms with van der Waals surface area (Å²) in [7, 11) is 0. The molecule has 1 amide bonds. The third kappa shape index (κ3) is 3.27. The Hall–Kier alpha value is -2.51. The first kappa shape index (κ1) is 16.9. The minimum atomic E-state index is -0.652. The van der Waals surface area contributed by atoms with Gasteiger partial charge in [0.05, 0.1) is 17.5 Å². The number of thiophene rings is 1. The normalized spacial score (nSPS) is 20.3. The van der Waals surface area contributed by atoms with Gasteiger partial charge >= 0.3 is 0 Å². The van der Waals surface area contributed by atoms with Gasteiger partial charge in [0.2, 0.25) is 0 Å². The molecule has 1 saturated heterocycles. The number of carbonyl (C=O) groups is 1. The van der Waals surface area contributed by atoms with Gasteiger partial charge in [0.25, 0.3) is 5.91 Å². The molecular formula is C19H20N4O2S. The van der Waals surface area contributed by atoms with Gasteiger partial charge in [-0.3, -0.25) is 4.79 Å². The first-order valence-electron chi connectivity index (χ1n) is 8.62. The molecule has 2 atom stereocenters. The van der Waals surface area contributed by atoms with Gasteiger partial charge < -0.3 is 15.3 Å². The summed E-state index contributed by atoms with van der Waals surface area (Å²) in [6.45, 7) is 3.20. The molecule has 0 saturated carbocycles. The molecule has 2 aromatic heterocycles. The van der Waals surface area contributed by atoms with Crippen molar-refractivity contribution in [3.8, 4) is 0 Å². The molecule has 1 aliphatic rings. The number of aliphatic hydroxyl groups excluding tert-OH is 1. The fraction of sp³-hybridized carbons (Fsp3) is 0.316. The zero-order valence-corrected chi connectivity index (χ0v) is 15.2. The summed E-state index contributed by atoms with van der Waals surface area (Å²) >= 11 is 1.64. The number of hydrogen-bond acceptors (Lipinski definition) is 6. The van der Waals surface area contributed by atoms with E-state index in [0.29, 0.717) is 18.5 Å². The van der Waals surface area contributed by atoms with Crippen LogP contribution in [-0.4, -0.2) is 46.2 Å². The van der Waals surface area contributed by atoms with Crippen LogP contribution < -0.4 is 10.2 Å². The molecule has 0 unspecified atom stereocenters. The van der Waals surface area contributed by atoms with Gasteiger partial charge in [-0.05, 0) is 31.5 Å². The van der Waals surface area contributed by atoms with E-state index in [9.17, 15) is 9.90 Å². The van der Waals surface area contributed by atoms with Gasteiger partial charge in [-0.1, -0.05) is 18.2 Å². The average molecular weight is 368 g/mol. The zero-order valence-electron chi connectivity index (χ0n) is 14.4. The molecule has 0 aliphatic carbocycles. The van der Waals surface area contributed by atoms with Crippen molar-refractivity contribution in [2.75, 3.05) is 18.0 Å². The van der Waals surface area contributed by atoms with Crippen LogP contribution >= 0.6 is 11.3 Å². The number of anilines is 1. The highest BCUT2D eigenvalue weighted by Gasteiger charge is 2.30. The van der Waals surface area contributed by atoms with Crippen LogP contribution in [-0.2, 0) is 0 Å². The minimum absolute atomic E-state index is 0.152. The quantitative estimate of drug-likeness (QED) is 0.742. The van der Waals surface area contributed by atoms with Crippen LogP contribution in [0.2, 0.25) is 0 Å². The third-order valence-electron chi connectivity index (χ3n) is 4.67. The van der Waals surface area contributed by atoms with Crippen LogP contribution in [0.15, 0.2) is 42.7 Å². The first-order chi connectivity index (χ1) is 12.6. The number of β-amino-alcohol motifs (C(OH)–C–C–N with tert-alkyl or cyclic N) is 1. The van der Waals surface area contributed by atoms with Crippen molar-refractivity contribution in [3.05, 3.63) is 53.2 Å². The molecule has 6 nitrogen and oxygen atoms in total. The minimum Gasteiger partial charge on any atom is -0.389 e. The van der Waals surface area contributed by atoms with Crippen LogP contribution in [0.1, 0.15) is 21.7 Å². The Labute approximate surface area is 155 Å². The lowest BCUT2D eigenvalue weighted by molar-refractivity contribution is 0.0798. The van der Waals surface area contributed by atoms with Gasteiger partial charge in [-0.2, -0.15) is 0 Å². The molecule has 0 spiro atoms. The number of piperidine rings is 1. The molecule has 0 bridgehead atoms. The summed E-state index contributed by atoms with van der Waals surface area (Å²) in [6, 6.07) is 10.9. The fourth-order valence-electron chi connectivity index (χ4n) is 3.35. The second-order valence-electron chi connectivity index (χ2n) is 6.52. The number of aryl methyl sites for hydroxylation is 1. The molecule has 1 aliphatic heterocycles. The second kappa shape index (κ2) is 7.01. The van der Waals surface area contributed by atoms with Crippen LogP contribution in [0.3, 0.4) is 0 Å². The summed E-state index contributed by atoms with van der Waals surface area (Å²) in [5.41, 5.74) is 0.605. The van der Waals surface area contributed by atoms with Gasteiger partial charge in [0.15, 0.2) is 0 Å². The highest BCUT2D eigenvalue weighted by Crippen LogP contribution is 2.31. The number of nitrogens with one attached hydrogen (secondary N) is 1. The number of aliphatic hydroxyl groups is 1. The van der Waals surface area contributed by atoms with Crippen LogP contribution in [0, 0.1) is 6.92 Å². The van der Waals surface area contributed by atoms with Crippen molar-refractivity contribution in [1.29, 1.82) is 0 Å². The Balaban J connectivity index is 1.47. The number of hydrogen-bond donors (Lipinski definition) is 2. The summed E-state index contributed by atoms with van der Waals surface area (Å²) in [6.07, 6.45) is 1.58. The summed E-state index contributed by atoms with van der Waals surface area (Å²) in [4.78, 5) is 25.3. The lowest BCUT2D eigenvalue weighted by Crippen LogP contribution is -2.54. The van der Waals surface area contributed by atoms with E-state index in [-0.39, 0.29) is 11.9 Å². The van der Waals surface area contributed by atoms with E-state index in [0.717, 1.165) is 22.6 Å². The zero-order chi connectivity index (χ0) is 18.1. The van der Waals surface area contributed by atoms with Crippen molar-refractivity contribution in [2.45, 2.75) is 25.5 Å². The van der Waals surface area contributed by atoms with Crippen molar-refractivity contribution in [1.82, 2.24) is 15.3 Å². The molecule has 7 heteroatoms. The van der Waals surface area contributed by atoms with Gasteiger partial charge in [0, 0.05) is 23.5 Å². The monoisotopic (exact) mass is 368 g/mol. The molecule has 2 N–H and O–H groups in total. The molecule has 1 fully saturated rings. The first-order valence-corrected chi connectivity index (χ1v) is 9.43. The molecule has 0 radical (unpaired) electrons. The topological polar surface area (TPSA) is 78.4 Å². The molecule has 3 heterocycles. The van der Waals surface area contributed by atoms with Gasteiger partial charge in [-0.15, -0.1) is 11.3 Å². The molecule has 134 valence electrons. The SMILES string of the molecule is Cc1cc2c(N3CC[C@@H](NC(=O)c4ccccc4)[C@H](O)C3)ncnc2s1. The van der Waals surface area contributed by atoms with E-state index in [1.54, 1.807) is 29.8 Å². The number of rotatable bonds is 3. The van der Waals surface area contributed by atoms with Crippen molar-refractivity contribution >= 4 is 33.3 Å². The Morgan fingerprint density at radius 2 is 2.12 bits per heavy atom. The lowest BCUT2D eigenvalue weighted by Gasteiger charge is -2.37. The van der Waals surface area contributed by atoms with E-state index in [2.05, 4.69) is 33.2 Å². The third-order valence-corrected chi connectivity index (χ3v) is 5.62. The predicted octanol–water partition coefficient (Wildman–Crippen LogP) is 2.37. The Morgan fingerprint density at radius 3 is 2.88 bits per heavy atom. The van der Waals surface area contributed by atoms with E-state index >= 15 is 0 Å². The van der Waals surface area contributed by atoms with Gasteiger partial charge in [-0.25, -0.2) is 9.97 Å². The van der Waals surface area contributed by atoms with E-state index in [1.807, 2.05) is 18.2 Å². The lowest BCUT2D eigenvalue weighted by atomic mass is 10.0. The highest BCUT2D eigenvalue weighted by molar-refractivity contribution is 7.18. The molecular weight excluding hydrogens is 348 g/mol. The Bertz CT molecular complexity index is 928.